The molecule has 1 aromatic rings. The van der Waals surface area contributed by atoms with Gasteiger partial charge in [-0.2, -0.15) is 0 Å². The van der Waals surface area contributed by atoms with Gasteiger partial charge in [0.05, 0.1) is 26.4 Å². The summed E-state index contributed by atoms with van der Waals surface area (Å²) in [5.74, 6) is 2.02. The Hall–Kier alpha value is -1.30. The van der Waals surface area contributed by atoms with Gasteiger partial charge in [-0.05, 0) is 37.0 Å². The molecule has 1 aliphatic heterocycles. The van der Waals surface area contributed by atoms with Gasteiger partial charge in [0.15, 0.2) is 0 Å². The zero-order valence-corrected chi connectivity index (χ0v) is 14.5. The molecule has 0 aromatic heterocycles. The maximum atomic E-state index is 10.6. The number of fused-ring (bicyclic) bond motifs is 2. The Kier molecular flexibility index (Phi) is 4.19. The average Bonchev–Trinajstić information content (AvgIpc) is 2.97. The third-order valence-electron chi connectivity index (χ3n) is 6.33. The molecule has 5 nitrogen and oxygen atoms in total. The first-order chi connectivity index (χ1) is 11.7. The first kappa shape index (κ1) is 16.2. The molecule has 0 unspecified atom stereocenters. The maximum absolute atomic E-state index is 10.6. The third-order valence-corrected chi connectivity index (χ3v) is 6.33. The zero-order valence-electron chi connectivity index (χ0n) is 14.5. The lowest BCUT2D eigenvalue weighted by atomic mass is 9.46. The predicted molar refractivity (Wildman–Crippen MR) is 90.4 cm³/mol. The molecule has 1 heterocycles. The van der Waals surface area contributed by atoms with Gasteiger partial charge in [0.1, 0.15) is 11.5 Å². The second-order valence-corrected chi connectivity index (χ2v) is 7.38. The van der Waals surface area contributed by atoms with Gasteiger partial charge in [-0.15, -0.1) is 0 Å². The molecule has 1 spiro atoms. The topological polar surface area (TPSA) is 60.0 Å². The van der Waals surface area contributed by atoms with Crippen molar-refractivity contribution in [3.8, 4) is 11.5 Å². The highest BCUT2D eigenvalue weighted by Gasteiger charge is 2.66. The molecule has 0 bridgehead atoms. The van der Waals surface area contributed by atoms with Crippen LogP contribution in [-0.4, -0.2) is 44.6 Å². The number of ether oxygens (including phenoxy) is 3. The first-order valence-electron chi connectivity index (χ1n) is 8.94. The standard InChI is InChI=1S/C19H27NO4/c1-22-13-8-12(9-14(10-13)23-2)16(21)11-20-17-15-4-7-24-18(15)19(17)5-3-6-19/h8-10,15-18,20-21H,3-7,11H2,1-2H3/t15-,16-,17-,18-/m1/s1. The van der Waals surface area contributed by atoms with Crippen LogP contribution in [0.2, 0.25) is 0 Å². The lowest BCUT2D eigenvalue weighted by Crippen LogP contribution is -2.71. The minimum Gasteiger partial charge on any atom is -0.497 e. The van der Waals surface area contributed by atoms with Gasteiger partial charge in [0.25, 0.3) is 0 Å². The van der Waals surface area contributed by atoms with Crippen molar-refractivity contribution in [3.05, 3.63) is 23.8 Å². The van der Waals surface area contributed by atoms with Crippen molar-refractivity contribution in [1.29, 1.82) is 0 Å². The van der Waals surface area contributed by atoms with E-state index < -0.39 is 6.10 Å². The van der Waals surface area contributed by atoms with E-state index in [2.05, 4.69) is 5.32 Å². The number of hydrogen-bond acceptors (Lipinski definition) is 5. The van der Waals surface area contributed by atoms with Crippen molar-refractivity contribution in [2.24, 2.45) is 11.3 Å². The van der Waals surface area contributed by atoms with E-state index in [1.54, 1.807) is 14.2 Å². The second kappa shape index (κ2) is 6.21. The molecule has 2 saturated carbocycles. The van der Waals surface area contributed by atoms with E-state index >= 15 is 0 Å². The summed E-state index contributed by atoms with van der Waals surface area (Å²) in [6, 6.07) is 6.05. The fraction of sp³-hybridized carbons (Fsp3) is 0.684. The summed E-state index contributed by atoms with van der Waals surface area (Å²) in [7, 11) is 3.25. The van der Waals surface area contributed by atoms with Crippen LogP contribution in [0.5, 0.6) is 11.5 Å². The van der Waals surface area contributed by atoms with E-state index in [1.807, 2.05) is 18.2 Å². The average molecular weight is 333 g/mol. The van der Waals surface area contributed by atoms with E-state index in [9.17, 15) is 5.11 Å². The molecule has 132 valence electrons. The molecule has 3 fully saturated rings. The van der Waals surface area contributed by atoms with Crippen LogP contribution in [0.3, 0.4) is 0 Å². The molecular formula is C19H27NO4. The van der Waals surface area contributed by atoms with Crippen LogP contribution in [0.25, 0.3) is 0 Å². The second-order valence-electron chi connectivity index (χ2n) is 7.38. The minimum atomic E-state index is -0.576. The largest absolute Gasteiger partial charge is 0.497 e. The van der Waals surface area contributed by atoms with Crippen LogP contribution in [0, 0.1) is 11.3 Å². The third kappa shape index (κ3) is 2.41. The van der Waals surface area contributed by atoms with Gasteiger partial charge >= 0.3 is 0 Å². The van der Waals surface area contributed by atoms with Crippen molar-refractivity contribution >= 4 is 0 Å². The Morgan fingerprint density at radius 2 is 1.96 bits per heavy atom. The summed E-state index contributed by atoms with van der Waals surface area (Å²) < 4.78 is 16.5. The van der Waals surface area contributed by atoms with Crippen LogP contribution in [0.15, 0.2) is 18.2 Å². The van der Waals surface area contributed by atoms with Crippen molar-refractivity contribution in [1.82, 2.24) is 5.32 Å². The van der Waals surface area contributed by atoms with Gasteiger partial charge in [-0.25, -0.2) is 0 Å². The molecule has 1 saturated heterocycles. The predicted octanol–water partition coefficient (Wildman–Crippen LogP) is 2.28. The minimum absolute atomic E-state index is 0.340. The molecule has 24 heavy (non-hydrogen) atoms. The summed E-state index contributed by atoms with van der Waals surface area (Å²) in [4.78, 5) is 0. The number of hydrogen-bond donors (Lipinski definition) is 2. The molecule has 4 atom stereocenters. The molecule has 3 aliphatic rings. The molecule has 1 aromatic carbocycles. The quantitative estimate of drug-likeness (QED) is 0.836. The number of methoxy groups -OCH3 is 2. The Morgan fingerprint density at radius 1 is 1.25 bits per heavy atom. The van der Waals surface area contributed by atoms with E-state index in [0.29, 0.717) is 41.5 Å². The number of nitrogens with one attached hydrogen (secondary N) is 1. The fourth-order valence-electron chi connectivity index (χ4n) is 4.94. The van der Waals surface area contributed by atoms with Gasteiger partial charge < -0.3 is 24.6 Å². The van der Waals surface area contributed by atoms with Gasteiger partial charge in [-0.1, -0.05) is 6.42 Å². The van der Waals surface area contributed by atoms with E-state index in [1.165, 1.54) is 19.3 Å². The van der Waals surface area contributed by atoms with Crippen molar-refractivity contribution in [3.63, 3.8) is 0 Å². The summed E-state index contributed by atoms with van der Waals surface area (Å²) >= 11 is 0. The molecular weight excluding hydrogens is 306 g/mol. The van der Waals surface area contributed by atoms with Crippen LogP contribution >= 0.6 is 0 Å². The fourth-order valence-corrected chi connectivity index (χ4v) is 4.94. The van der Waals surface area contributed by atoms with Crippen molar-refractivity contribution in [2.45, 2.75) is 43.9 Å². The van der Waals surface area contributed by atoms with Crippen molar-refractivity contribution < 1.29 is 19.3 Å². The highest BCUT2D eigenvalue weighted by molar-refractivity contribution is 5.39. The SMILES string of the molecule is COc1cc(OC)cc([C@H](O)CN[C@@H]2[C@H]3CCO[C@H]3C23CCC3)c1. The Morgan fingerprint density at radius 3 is 2.54 bits per heavy atom. The van der Waals surface area contributed by atoms with Crippen LogP contribution in [0.4, 0.5) is 0 Å². The highest BCUT2D eigenvalue weighted by atomic mass is 16.5. The molecule has 2 aliphatic carbocycles. The van der Waals surface area contributed by atoms with E-state index in [0.717, 1.165) is 18.6 Å². The Labute approximate surface area is 143 Å². The number of aliphatic hydroxyl groups is 1. The molecule has 0 amide bonds. The lowest BCUT2D eigenvalue weighted by Gasteiger charge is -2.63. The Bertz CT molecular complexity index is 579. The summed E-state index contributed by atoms with van der Waals surface area (Å²) in [5.41, 5.74) is 1.16. The number of rotatable bonds is 6. The molecule has 4 rings (SSSR count). The van der Waals surface area contributed by atoms with E-state index in [-0.39, 0.29) is 0 Å². The van der Waals surface area contributed by atoms with E-state index in [4.69, 9.17) is 14.2 Å². The van der Waals surface area contributed by atoms with Crippen LogP contribution in [-0.2, 0) is 4.74 Å². The molecule has 2 N–H and O–H groups in total. The normalized spacial score (nSPS) is 31.0. The monoisotopic (exact) mass is 333 g/mol. The van der Waals surface area contributed by atoms with Gasteiger partial charge in [0.2, 0.25) is 0 Å². The number of aliphatic hydroxyl groups excluding tert-OH is 1. The zero-order chi connectivity index (χ0) is 16.7. The van der Waals surface area contributed by atoms with Gasteiger partial charge in [-0.3, -0.25) is 0 Å². The smallest absolute Gasteiger partial charge is 0.122 e. The molecule has 0 radical (unpaired) electrons. The van der Waals surface area contributed by atoms with Crippen LogP contribution < -0.4 is 14.8 Å². The Balaban J connectivity index is 1.42. The lowest BCUT2D eigenvalue weighted by molar-refractivity contribution is -0.177. The summed E-state index contributed by atoms with van der Waals surface area (Å²) in [5, 5.41) is 14.3. The number of benzene rings is 1. The molecule has 5 heteroatoms. The first-order valence-corrected chi connectivity index (χ1v) is 8.94. The highest BCUT2D eigenvalue weighted by Crippen LogP contribution is 2.62. The van der Waals surface area contributed by atoms with Gasteiger partial charge in [0, 0.05) is 36.6 Å². The van der Waals surface area contributed by atoms with Crippen molar-refractivity contribution in [2.75, 3.05) is 27.4 Å². The summed E-state index contributed by atoms with van der Waals surface area (Å²) in [6.07, 6.45) is 4.85. The van der Waals surface area contributed by atoms with Crippen LogP contribution in [0.1, 0.15) is 37.4 Å². The maximum Gasteiger partial charge on any atom is 0.122 e. The summed E-state index contributed by atoms with van der Waals surface area (Å²) in [6.45, 7) is 1.44.